The molecule has 0 aliphatic carbocycles. The maximum absolute atomic E-state index is 10.5. The van der Waals surface area contributed by atoms with Crippen molar-refractivity contribution >= 4 is 5.96 Å². The van der Waals surface area contributed by atoms with E-state index in [2.05, 4.69) is 27.4 Å². The van der Waals surface area contributed by atoms with Gasteiger partial charge in [0.05, 0.1) is 25.4 Å². The molecule has 0 amide bonds. The monoisotopic (exact) mass is 286 g/mol. The van der Waals surface area contributed by atoms with Gasteiger partial charge in [0.1, 0.15) is 0 Å². The molecule has 1 aliphatic rings. The molecule has 0 bridgehead atoms. The van der Waals surface area contributed by atoms with Gasteiger partial charge in [0, 0.05) is 32.7 Å². The molecule has 0 saturated carbocycles. The van der Waals surface area contributed by atoms with Crippen LogP contribution in [0.4, 0.5) is 0 Å². The zero-order chi connectivity index (χ0) is 14.8. The van der Waals surface area contributed by atoms with Crippen LogP contribution in [0.2, 0.25) is 0 Å². The molecule has 0 radical (unpaired) electrons. The van der Waals surface area contributed by atoms with E-state index in [1.54, 1.807) is 0 Å². The van der Waals surface area contributed by atoms with Crippen LogP contribution in [0.15, 0.2) is 4.99 Å². The van der Waals surface area contributed by atoms with Crippen molar-refractivity contribution in [2.45, 2.75) is 32.8 Å². The lowest BCUT2D eigenvalue weighted by Crippen LogP contribution is -2.48. The summed E-state index contributed by atoms with van der Waals surface area (Å²) in [7, 11) is 0. The van der Waals surface area contributed by atoms with Gasteiger partial charge in [-0.1, -0.05) is 6.92 Å². The summed E-state index contributed by atoms with van der Waals surface area (Å²) in [5.41, 5.74) is -0.814. The van der Waals surface area contributed by atoms with Crippen LogP contribution in [0.1, 0.15) is 27.2 Å². The predicted molar refractivity (Wildman–Crippen MR) is 82.2 cm³/mol. The maximum Gasteiger partial charge on any atom is 0.191 e. The number of rotatable bonds is 7. The van der Waals surface area contributed by atoms with Crippen LogP contribution < -0.4 is 10.6 Å². The Hall–Kier alpha value is -0.850. The Bertz CT molecular complexity index is 289. The van der Waals surface area contributed by atoms with E-state index in [0.717, 1.165) is 51.8 Å². The number of β-amino-alcohol motifs (C(OH)–C–C–N with tert-alkyl or cyclic N) is 1. The highest BCUT2D eigenvalue weighted by Gasteiger charge is 2.25. The zero-order valence-corrected chi connectivity index (χ0v) is 13.1. The van der Waals surface area contributed by atoms with Gasteiger partial charge in [-0.3, -0.25) is 9.89 Å². The second-order valence-electron chi connectivity index (χ2n) is 5.51. The third-order valence-electron chi connectivity index (χ3n) is 3.13. The summed E-state index contributed by atoms with van der Waals surface area (Å²) in [6.45, 7) is 12.0. The van der Waals surface area contributed by atoms with Gasteiger partial charge in [-0.25, -0.2) is 0 Å². The largest absolute Gasteiger partial charge is 0.387 e. The summed E-state index contributed by atoms with van der Waals surface area (Å²) in [5.74, 6) is 0.775. The van der Waals surface area contributed by atoms with Gasteiger partial charge in [0.2, 0.25) is 0 Å². The minimum atomic E-state index is -0.814. The van der Waals surface area contributed by atoms with Crippen molar-refractivity contribution in [3.63, 3.8) is 0 Å². The predicted octanol–water partition coefficient (Wildman–Crippen LogP) is 0.0347. The number of aliphatic hydroxyl groups is 1. The van der Waals surface area contributed by atoms with Crippen molar-refractivity contribution in [3.05, 3.63) is 0 Å². The Balaban J connectivity index is 2.44. The highest BCUT2D eigenvalue weighted by molar-refractivity contribution is 5.79. The third kappa shape index (κ3) is 7.07. The number of morpholine rings is 1. The lowest BCUT2D eigenvalue weighted by Gasteiger charge is -2.33. The summed E-state index contributed by atoms with van der Waals surface area (Å²) in [4.78, 5) is 6.70. The second-order valence-corrected chi connectivity index (χ2v) is 5.51. The van der Waals surface area contributed by atoms with Gasteiger partial charge in [-0.2, -0.15) is 0 Å². The van der Waals surface area contributed by atoms with Crippen LogP contribution in [-0.4, -0.2) is 74.0 Å². The highest BCUT2D eigenvalue weighted by atomic mass is 16.5. The number of hydrogen-bond acceptors (Lipinski definition) is 4. The molecule has 1 aliphatic heterocycles. The van der Waals surface area contributed by atoms with Gasteiger partial charge in [0.15, 0.2) is 5.96 Å². The molecule has 6 nitrogen and oxygen atoms in total. The summed E-state index contributed by atoms with van der Waals surface area (Å²) in [6, 6.07) is 0. The second kappa shape index (κ2) is 9.15. The quantitative estimate of drug-likeness (QED) is 0.455. The normalized spacial score (nSPS) is 20.5. The molecule has 1 saturated heterocycles. The molecular weight excluding hydrogens is 256 g/mol. The van der Waals surface area contributed by atoms with Gasteiger partial charge < -0.3 is 20.5 Å². The van der Waals surface area contributed by atoms with E-state index < -0.39 is 5.60 Å². The summed E-state index contributed by atoms with van der Waals surface area (Å²) in [5, 5.41) is 16.9. The van der Waals surface area contributed by atoms with E-state index in [-0.39, 0.29) is 0 Å². The van der Waals surface area contributed by atoms with Crippen molar-refractivity contribution < 1.29 is 9.84 Å². The summed E-state index contributed by atoms with van der Waals surface area (Å²) >= 11 is 0. The first-order valence-electron chi connectivity index (χ1n) is 7.62. The molecule has 0 aromatic carbocycles. The van der Waals surface area contributed by atoms with Crippen LogP contribution in [-0.2, 0) is 4.74 Å². The average Bonchev–Trinajstić information content (AvgIpc) is 2.42. The molecule has 6 heteroatoms. The average molecular weight is 286 g/mol. The minimum Gasteiger partial charge on any atom is -0.387 e. The number of hydrogen-bond donors (Lipinski definition) is 3. The number of nitrogens with one attached hydrogen (secondary N) is 2. The van der Waals surface area contributed by atoms with Crippen LogP contribution in [0.5, 0.6) is 0 Å². The molecular formula is C14H30N4O2. The molecule has 1 fully saturated rings. The molecule has 1 rings (SSSR count). The Morgan fingerprint density at radius 3 is 2.60 bits per heavy atom. The minimum absolute atomic E-state index is 0.392. The molecule has 1 atom stereocenters. The molecule has 3 N–H and O–H groups in total. The van der Waals surface area contributed by atoms with Gasteiger partial charge in [0.25, 0.3) is 0 Å². The lowest BCUT2D eigenvalue weighted by molar-refractivity contribution is -0.0179. The SMILES string of the molecule is CCCNC(=NCC(C)(O)CN1CCOCC1)NCC. The van der Waals surface area contributed by atoms with E-state index >= 15 is 0 Å². The van der Waals surface area contributed by atoms with Crippen molar-refractivity contribution in [2.75, 3.05) is 52.5 Å². The highest BCUT2D eigenvalue weighted by Crippen LogP contribution is 2.09. The van der Waals surface area contributed by atoms with E-state index in [0.29, 0.717) is 13.1 Å². The molecule has 0 aromatic heterocycles. The topological polar surface area (TPSA) is 69.1 Å². The first kappa shape index (κ1) is 17.2. The van der Waals surface area contributed by atoms with Gasteiger partial charge in [-0.15, -0.1) is 0 Å². The van der Waals surface area contributed by atoms with E-state index in [1.807, 2.05) is 13.8 Å². The fourth-order valence-electron chi connectivity index (χ4n) is 2.13. The van der Waals surface area contributed by atoms with E-state index in [1.165, 1.54) is 0 Å². The third-order valence-corrected chi connectivity index (χ3v) is 3.13. The van der Waals surface area contributed by atoms with Crippen molar-refractivity contribution in [1.29, 1.82) is 0 Å². The smallest absolute Gasteiger partial charge is 0.191 e. The van der Waals surface area contributed by atoms with Crippen LogP contribution >= 0.6 is 0 Å². The number of nitrogens with zero attached hydrogens (tertiary/aromatic N) is 2. The molecule has 1 unspecified atom stereocenters. The maximum atomic E-state index is 10.5. The Kier molecular flexibility index (Phi) is 7.87. The zero-order valence-electron chi connectivity index (χ0n) is 13.1. The van der Waals surface area contributed by atoms with E-state index in [9.17, 15) is 5.11 Å². The molecule has 0 aromatic rings. The van der Waals surface area contributed by atoms with Crippen molar-refractivity contribution in [1.82, 2.24) is 15.5 Å². The van der Waals surface area contributed by atoms with Crippen molar-refractivity contribution in [2.24, 2.45) is 4.99 Å². The van der Waals surface area contributed by atoms with Crippen molar-refractivity contribution in [3.8, 4) is 0 Å². The van der Waals surface area contributed by atoms with Crippen LogP contribution in [0, 0.1) is 0 Å². The van der Waals surface area contributed by atoms with Gasteiger partial charge in [-0.05, 0) is 20.3 Å². The molecule has 1 heterocycles. The Morgan fingerprint density at radius 1 is 1.30 bits per heavy atom. The Labute approximate surface area is 122 Å². The summed E-state index contributed by atoms with van der Waals surface area (Å²) in [6.07, 6.45) is 1.05. The fourth-order valence-corrected chi connectivity index (χ4v) is 2.13. The number of ether oxygens (including phenoxy) is 1. The number of aliphatic imine (C=N–C) groups is 1. The van der Waals surface area contributed by atoms with Crippen LogP contribution in [0.3, 0.4) is 0 Å². The molecule has 20 heavy (non-hydrogen) atoms. The fraction of sp³-hybridized carbons (Fsp3) is 0.929. The summed E-state index contributed by atoms with van der Waals surface area (Å²) < 4.78 is 5.32. The standard InChI is InChI=1S/C14H30N4O2/c1-4-6-16-13(15-5-2)17-11-14(3,19)12-18-7-9-20-10-8-18/h19H,4-12H2,1-3H3,(H2,15,16,17). The first-order valence-corrected chi connectivity index (χ1v) is 7.62. The van der Waals surface area contributed by atoms with Crippen LogP contribution in [0.25, 0.3) is 0 Å². The van der Waals surface area contributed by atoms with E-state index in [4.69, 9.17) is 4.74 Å². The first-order chi connectivity index (χ1) is 9.57. The lowest BCUT2D eigenvalue weighted by atomic mass is 10.1. The Morgan fingerprint density at radius 2 is 2.00 bits per heavy atom. The molecule has 0 spiro atoms. The molecule has 118 valence electrons. The number of guanidine groups is 1. The van der Waals surface area contributed by atoms with Gasteiger partial charge >= 0.3 is 0 Å².